The average molecular weight is 185 g/mol. The molecule has 1 aliphatic heterocycles. The Balaban J connectivity index is 2.48. The Labute approximate surface area is 82.0 Å². The maximum atomic E-state index is 5.86. The van der Waals surface area contributed by atoms with Crippen molar-refractivity contribution in [3.8, 4) is 0 Å². The highest BCUT2D eigenvalue weighted by Crippen LogP contribution is 2.20. The maximum absolute atomic E-state index is 5.86. The molecule has 0 aromatic heterocycles. The Hall–Kier alpha value is -0.0800. The summed E-state index contributed by atoms with van der Waals surface area (Å²) in [6, 6.07) is 0.633. The fourth-order valence-electron chi connectivity index (χ4n) is 1.73. The smallest absolute Gasteiger partial charge is 0.0775 e. The van der Waals surface area contributed by atoms with E-state index in [9.17, 15) is 0 Å². The summed E-state index contributed by atoms with van der Waals surface area (Å²) in [5, 5.41) is 3.60. The van der Waals surface area contributed by atoms with E-state index in [1.807, 2.05) is 0 Å². The normalized spacial score (nSPS) is 36.2. The number of hydrogen-bond donors (Lipinski definition) is 1. The Morgan fingerprint density at radius 1 is 1.54 bits per heavy atom. The number of nitrogens with one attached hydrogen (secondary N) is 1. The van der Waals surface area contributed by atoms with Crippen molar-refractivity contribution < 1.29 is 4.74 Å². The first-order valence-electron chi connectivity index (χ1n) is 5.45. The molecule has 0 bridgehead atoms. The molecule has 0 saturated carbocycles. The van der Waals surface area contributed by atoms with Crippen molar-refractivity contribution in [1.29, 1.82) is 0 Å². The first-order chi connectivity index (χ1) is 6.07. The van der Waals surface area contributed by atoms with Crippen LogP contribution in [-0.2, 0) is 4.74 Å². The lowest BCUT2D eigenvalue weighted by Crippen LogP contribution is -2.42. The number of ether oxygens (including phenoxy) is 1. The molecule has 0 radical (unpaired) electrons. The van der Waals surface area contributed by atoms with Crippen LogP contribution in [0.4, 0.5) is 0 Å². The van der Waals surface area contributed by atoms with Crippen LogP contribution in [0.5, 0.6) is 0 Å². The van der Waals surface area contributed by atoms with E-state index in [4.69, 9.17) is 4.74 Å². The molecule has 1 rings (SSSR count). The van der Waals surface area contributed by atoms with Crippen LogP contribution in [0.25, 0.3) is 0 Å². The van der Waals surface area contributed by atoms with Gasteiger partial charge in [0.15, 0.2) is 0 Å². The van der Waals surface area contributed by atoms with E-state index in [1.54, 1.807) is 0 Å². The maximum Gasteiger partial charge on any atom is 0.0775 e. The van der Waals surface area contributed by atoms with Crippen LogP contribution in [0.3, 0.4) is 0 Å². The summed E-state index contributed by atoms with van der Waals surface area (Å²) in [4.78, 5) is 0. The van der Waals surface area contributed by atoms with Gasteiger partial charge in [0, 0.05) is 19.2 Å². The molecule has 0 aliphatic carbocycles. The third kappa shape index (κ3) is 2.96. The standard InChI is InChI=1S/C11H23NO/c1-5-11(4)8-12-10(9(2)3)6-7-13-11/h9-10,12H,5-8H2,1-4H3. The van der Waals surface area contributed by atoms with Crippen molar-refractivity contribution in [2.45, 2.75) is 52.2 Å². The zero-order valence-corrected chi connectivity index (χ0v) is 9.39. The van der Waals surface area contributed by atoms with E-state index in [1.165, 1.54) is 0 Å². The highest BCUT2D eigenvalue weighted by molar-refractivity contribution is 4.83. The number of hydrogen-bond acceptors (Lipinski definition) is 2. The van der Waals surface area contributed by atoms with E-state index in [2.05, 4.69) is 33.0 Å². The van der Waals surface area contributed by atoms with E-state index in [-0.39, 0.29) is 5.60 Å². The summed E-state index contributed by atoms with van der Waals surface area (Å²) in [6.07, 6.45) is 2.23. The SMILES string of the molecule is CCC1(C)CNC(C(C)C)CCO1. The Bertz CT molecular complexity index is 158. The summed E-state index contributed by atoms with van der Waals surface area (Å²) in [6.45, 7) is 10.8. The quantitative estimate of drug-likeness (QED) is 0.712. The van der Waals surface area contributed by atoms with Gasteiger partial charge in [-0.3, -0.25) is 0 Å². The third-order valence-corrected chi connectivity index (χ3v) is 3.17. The van der Waals surface area contributed by atoms with Gasteiger partial charge < -0.3 is 10.1 Å². The molecule has 0 aromatic carbocycles. The van der Waals surface area contributed by atoms with E-state index in [0.29, 0.717) is 12.0 Å². The zero-order valence-electron chi connectivity index (χ0n) is 9.39. The highest BCUT2D eigenvalue weighted by Gasteiger charge is 2.28. The predicted molar refractivity (Wildman–Crippen MR) is 55.9 cm³/mol. The lowest BCUT2D eigenvalue weighted by atomic mass is 10.0. The van der Waals surface area contributed by atoms with Crippen LogP contribution in [0.15, 0.2) is 0 Å². The summed E-state index contributed by atoms with van der Waals surface area (Å²) in [7, 11) is 0. The second-order valence-electron chi connectivity index (χ2n) is 4.67. The molecule has 1 saturated heterocycles. The lowest BCUT2D eigenvalue weighted by molar-refractivity contribution is -0.0214. The molecule has 13 heavy (non-hydrogen) atoms. The lowest BCUT2D eigenvalue weighted by Gasteiger charge is -2.27. The second-order valence-corrected chi connectivity index (χ2v) is 4.67. The zero-order chi connectivity index (χ0) is 9.90. The van der Waals surface area contributed by atoms with Crippen molar-refractivity contribution in [3.63, 3.8) is 0 Å². The average Bonchev–Trinajstić information content (AvgIpc) is 2.28. The molecule has 1 aliphatic rings. The summed E-state index contributed by atoms with van der Waals surface area (Å²) in [5.74, 6) is 0.711. The fourth-order valence-corrected chi connectivity index (χ4v) is 1.73. The van der Waals surface area contributed by atoms with Crippen molar-refractivity contribution in [2.75, 3.05) is 13.2 Å². The molecule has 2 heteroatoms. The third-order valence-electron chi connectivity index (χ3n) is 3.17. The summed E-state index contributed by atoms with van der Waals surface area (Å²) >= 11 is 0. The molecule has 0 aromatic rings. The minimum Gasteiger partial charge on any atom is -0.374 e. The molecule has 2 nitrogen and oxygen atoms in total. The summed E-state index contributed by atoms with van der Waals surface area (Å²) < 4.78 is 5.86. The van der Waals surface area contributed by atoms with Crippen molar-refractivity contribution in [1.82, 2.24) is 5.32 Å². The van der Waals surface area contributed by atoms with Gasteiger partial charge >= 0.3 is 0 Å². The molecule has 2 unspecified atom stereocenters. The van der Waals surface area contributed by atoms with Crippen LogP contribution < -0.4 is 5.32 Å². The fraction of sp³-hybridized carbons (Fsp3) is 1.00. The first kappa shape index (κ1) is 11.0. The van der Waals surface area contributed by atoms with Crippen LogP contribution in [0.2, 0.25) is 0 Å². The minimum absolute atomic E-state index is 0.0592. The van der Waals surface area contributed by atoms with Gasteiger partial charge in [0.2, 0.25) is 0 Å². The highest BCUT2D eigenvalue weighted by atomic mass is 16.5. The topological polar surface area (TPSA) is 21.3 Å². The molecule has 0 spiro atoms. The van der Waals surface area contributed by atoms with Gasteiger partial charge in [0.1, 0.15) is 0 Å². The van der Waals surface area contributed by atoms with Gasteiger partial charge in [-0.05, 0) is 25.7 Å². The van der Waals surface area contributed by atoms with E-state index >= 15 is 0 Å². The molecular formula is C11H23NO. The predicted octanol–water partition coefficient (Wildman–Crippen LogP) is 2.19. The van der Waals surface area contributed by atoms with Crippen LogP contribution in [0, 0.1) is 5.92 Å². The largest absolute Gasteiger partial charge is 0.374 e. The van der Waals surface area contributed by atoms with Crippen LogP contribution >= 0.6 is 0 Å². The molecule has 1 heterocycles. The molecule has 0 amide bonds. The first-order valence-corrected chi connectivity index (χ1v) is 5.45. The van der Waals surface area contributed by atoms with E-state index < -0.39 is 0 Å². The van der Waals surface area contributed by atoms with Gasteiger partial charge in [-0.25, -0.2) is 0 Å². The minimum atomic E-state index is 0.0592. The van der Waals surface area contributed by atoms with E-state index in [0.717, 1.165) is 26.0 Å². The van der Waals surface area contributed by atoms with Crippen LogP contribution in [-0.4, -0.2) is 24.8 Å². The Morgan fingerprint density at radius 3 is 2.77 bits per heavy atom. The Kier molecular flexibility index (Phi) is 3.74. The second kappa shape index (κ2) is 4.43. The monoisotopic (exact) mass is 185 g/mol. The van der Waals surface area contributed by atoms with Crippen molar-refractivity contribution in [2.24, 2.45) is 5.92 Å². The van der Waals surface area contributed by atoms with Crippen molar-refractivity contribution in [3.05, 3.63) is 0 Å². The Morgan fingerprint density at radius 2 is 2.23 bits per heavy atom. The van der Waals surface area contributed by atoms with Gasteiger partial charge in [-0.15, -0.1) is 0 Å². The van der Waals surface area contributed by atoms with Crippen LogP contribution in [0.1, 0.15) is 40.5 Å². The van der Waals surface area contributed by atoms with Gasteiger partial charge in [0.25, 0.3) is 0 Å². The summed E-state index contributed by atoms with van der Waals surface area (Å²) in [5.41, 5.74) is 0.0592. The number of rotatable bonds is 2. The molecular weight excluding hydrogens is 162 g/mol. The van der Waals surface area contributed by atoms with Gasteiger partial charge in [-0.2, -0.15) is 0 Å². The molecule has 1 fully saturated rings. The van der Waals surface area contributed by atoms with Gasteiger partial charge in [0.05, 0.1) is 5.60 Å². The molecule has 1 N–H and O–H groups in total. The van der Waals surface area contributed by atoms with Gasteiger partial charge in [-0.1, -0.05) is 20.8 Å². The van der Waals surface area contributed by atoms with Crippen molar-refractivity contribution >= 4 is 0 Å². The molecule has 78 valence electrons. The molecule has 2 atom stereocenters.